The van der Waals surface area contributed by atoms with Gasteiger partial charge in [-0.15, -0.1) is 0 Å². The summed E-state index contributed by atoms with van der Waals surface area (Å²) in [6, 6.07) is 5.59. The Morgan fingerprint density at radius 2 is 2.04 bits per heavy atom. The summed E-state index contributed by atoms with van der Waals surface area (Å²) < 4.78 is 11.9. The molecule has 2 heterocycles. The van der Waals surface area contributed by atoms with E-state index in [2.05, 4.69) is 11.7 Å². The van der Waals surface area contributed by atoms with Gasteiger partial charge in [0.05, 0.1) is 12.0 Å². The lowest BCUT2D eigenvalue weighted by Gasteiger charge is -2.38. The van der Waals surface area contributed by atoms with E-state index in [0.29, 0.717) is 16.9 Å². The Kier molecular flexibility index (Phi) is 3.52. The van der Waals surface area contributed by atoms with Crippen molar-refractivity contribution in [2.75, 3.05) is 6.61 Å². The molecule has 0 unspecified atom stereocenters. The Bertz CT molecular complexity index is 1160. The van der Waals surface area contributed by atoms with E-state index in [1.807, 2.05) is 13.8 Å². The number of phenolic OH excluding ortho intramolecular Hbond substituents is 2. The normalized spacial score (nSPS) is 19.2. The number of aliphatic hydroxyl groups excluding tert-OH is 1. The fourth-order valence-corrected chi connectivity index (χ4v) is 3.57. The van der Waals surface area contributed by atoms with Gasteiger partial charge in [0.1, 0.15) is 33.8 Å². The second kappa shape index (κ2) is 5.47. The lowest BCUT2D eigenvalue weighted by Crippen LogP contribution is -2.49. The van der Waals surface area contributed by atoms with E-state index in [0.717, 1.165) is 6.07 Å². The minimum absolute atomic E-state index is 0.00274. The number of nitrogens with zero attached hydrogens (tertiary/aromatic N) is 1. The van der Waals surface area contributed by atoms with E-state index in [1.54, 1.807) is 12.1 Å². The zero-order valence-corrected chi connectivity index (χ0v) is 14.9. The first kappa shape index (κ1) is 17.4. The summed E-state index contributed by atoms with van der Waals surface area (Å²) in [5.41, 5.74) is -1.24. The standard InChI is InChI=1S/C20H19NO6/c1-19(2,9-22)20(21-3)8-12-14(27-20)5-4-11-17(25)16-13(24)6-10(23)7-15(16)26-18(11)12/h4-7,22-24H,3,8-9H2,1-2H3/t20-/m1/s1. The highest BCUT2D eigenvalue weighted by Gasteiger charge is 2.51. The fourth-order valence-electron chi connectivity index (χ4n) is 3.57. The van der Waals surface area contributed by atoms with E-state index < -0.39 is 16.6 Å². The van der Waals surface area contributed by atoms with Crippen LogP contribution < -0.4 is 10.2 Å². The highest BCUT2D eigenvalue weighted by Crippen LogP contribution is 2.48. The second-order valence-corrected chi connectivity index (χ2v) is 7.45. The lowest BCUT2D eigenvalue weighted by atomic mass is 9.79. The highest BCUT2D eigenvalue weighted by molar-refractivity contribution is 5.95. The number of aliphatic hydroxyl groups is 1. The molecule has 1 aliphatic heterocycles. The number of phenols is 2. The molecule has 0 bridgehead atoms. The first-order valence-corrected chi connectivity index (χ1v) is 8.45. The molecule has 0 amide bonds. The molecule has 27 heavy (non-hydrogen) atoms. The fraction of sp³-hybridized carbons (Fsp3) is 0.300. The van der Waals surface area contributed by atoms with Gasteiger partial charge in [0.2, 0.25) is 11.2 Å². The van der Waals surface area contributed by atoms with Crippen LogP contribution >= 0.6 is 0 Å². The maximum absolute atomic E-state index is 12.9. The molecule has 1 aliphatic rings. The molecule has 2 aromatic carbocycles. The molecular formula is C20H19NO6. The molecule has 0 spiro atoms. The molecule has 140 valence electrons. The number of aromatic hydroxyl groups is 2. The van der Waals surface area contributed by atoms with Gasteiger partial charge in [-0.2, -0.15) is 0 Å². The minimum atomic E-state index is -1.10. The Labute approximate surface area is 154 Å². The summed E-state index contributed by atoms with van der Waals surface area (Å²) in [5.74, 6) is -0.0703. The third kappa shape index (κ3) is 2.24. The van der Waals surface area contributed by atoms with Gasteiger partial charge in [-0.25, -0.2) is 0 Å². The quantitative estimate of drug-likeness (QED) is 0.483. The van der Waals surface area contributed by atoms with Crippen molar-refractivity contribution in [1.29, 1.82) is 0 Å². The zero-order chi connectivity index (χ0) is 19.6. The van der Waals surface area contributed by atoms with Crippen molar-refractivity contribution in [2.24, 2.45) is 10.4 Å². The van der Waals surface area contributed by atoms with E-state index in [4.69, 9.17) is 9.15 Å². The average molecular weight is 369 g/mol. The predicted octanol–water partition coefficient (Wildman–Crippen LogP) is 2.71. The number of aliphatic imine (C=N–C) groups is 1. The van der Waals surface area contributed by atoms with Crippen LogP contribution in [0.25, 0.3) is 21.9 Å². The topological polar surface area (TPSA) is 112 Å². The lowest BCUT2D eigenvalue weighted by molar-refractivity contribution is -0.0476. The van der Waals surface area contributed by atoms with Crippen LogP contribution in [0, 0.1) is 5.41 Å². The number of benzene rings is 2. The second-order valence-electron chi connectivity index (χ2n) is 7.45. The molecule has 0 saturated carbocycles. The summed E-state index contributed by atoms with van der Waals surface area (Å²) >= 11 is 0. The number of ether oxygens (including phenoxy) is 1. The largest absolute Gasteiger partial charge is 0.508 e. The maximum atomic E-state index is 12.9. The molecule has 3 aromatic rings. The highest BCUT2D eigenvalue weighted by atomic mass is 16.5. The third-order valence-electron chi connectivity index (χ3n) is 5.37. The van der Waals surface area contributed by atoms with Crippen molar-refractivity contribution in [3.05, 3.63) is 40.1 Å². The molecule has 3 N–H and O–H groups in total. The van der Waals surface area contributed by atoms with Gasteiger partial charge in [-0.1, -0.05) is 13.8 Å². The van der Waals surface area contributed by atoms with E-state index in [9.17, 15) is 20.1 Å². The van der Waals surface area contributed by atoms with Crippen molar-refractivity contribution in [1.82, 2.24) is 0 Å². The van der Waals surface area contributed by atoms with Crippen LogP contribution in [0.15, 0.2) is 38.5 Å². The molecule has 0 saturated heterocycles. The Morgan fingerprint density at radius 1 is 1.30 bits per heavy atom. The van der Waals surface area contributed by atoms with Crippen LogP contribution in [0.5, 0.6) is 17.2 Å². The molecule has 1 aromatic heterocycles. The van der Waals surface area contributed by atoms with Crippen molar-refractivity contribution >= 4 is 28.7 Å². The van der Waals surface area contributed by atoms with Crippen LogP contribution in [0.4, 0.5) is 0 Å². The van der Waals surface area contributed by atoms with Crippen molar-refractivity contribution < 1.29 is 24.5 Å². The Hall–Kier alpha value is -3.06. The van der Waals surface area contributed by atoms with Crippen molar-refractivity contribution in [2.45, 2.75) is 26.0 Å². The van der Waals surface area contributed by atoms with Gasteiger partial charge in [0, 0.05) is 29.5 Å². The molecule has 4 rings (SSSR count). The predicted molar refractivity (Wildman–Crippen MR) is 101 cm³/mol. The summed E-state index contributed by atoms with van der Waals surface area (Å²) in [7, 11) is 0. The van der Waals surface area contributed by atoms with Gasteiger partial charge in [0.15, 0.2) is 0 Å². The molecule has 0 fully saturated rings. The summed E-state index contributed by atoms with van der Waals surface area (Å²) in [4.78, 5) is 17.0. The maximum Gasteiger partial charge on any atom is 0.210 e. The van der Waals surface area contributed by atoms with E-state index in [-0.39, 0.29) is 40.9 Å². The Morgan fingerprint density at radius 3 is 2.70 bits per heavy atom. The van der Waals surface area contributed by atoms with Crippen LogP contribution in [0.3, 0.4) is 0 Å². The molecule has 7 nitrogen and oxygen atoms in total. The zero-order valence-electron chi connectivity index (χ0n) is 14.9. The average Bonchev–Trinajstić information content (AvgIpc) is 3.02. The van der Waals surface area contributed by atoms with E-state index in [1.165, 1.54) is 6.07 Å². The van der Waals surface area contributed by atoms with Gasteiger partial charge < -0.3 is 24.5 Å². The summed E-state index contributed by atoms with van der Waals surface area (Å²) in [5, 5.41) is 29.9. The van der Waals surface area contributed by atoms with Gasteiger partial charge in [-0.05, 0) is 18.9 Å². The van der Waals surface area contributed by atoms with Crippen LogP contribution in [-0.4, -0.2) is 34.4 Å². The van der Waals surface area contributed by atoms with Gasteiger partial charge in [-0.3, -0.25) is 9.79 Å². The molecule has 7 heteroatoms. The minimum Gasteiger partial charge on any atom is -0.508 e. The van der Waals surface area contributed by atoms with Gasteiger partial charge >= 0.3 is 0 Å². The smallest absolute Gasteiger partial charge is 0.210 e. The monoisotopic (exact) mass is 369 g/mol. The SMILES string of the molecule is C=N[C@]1(C(C)(C)CO)Cc2c(ccc3c(=O)c4c(O)cc(O)cc4oc23)O1. The number of fused-ring (bicyclic) bond motifs is 4. The van der Waals surface area contributed by atoms with Crippen molar-refractivity contribution in [3.63, 3.8) is 0 Å². The first-order valence-electron chi connectivity index (χ1n) is 8.45. The Balaban J connectivity index is 2.03. The number of hydrogen-bond donors (Lipinski definition) is 3. The molecular weight excluding hydrogens is 350 g/mol. The molecule has 1 atom stereocenters. The summed E-state index contributed by atoms with van der Waals surface area (Å²) in [6.07, 6.45) is 0.260. The number of hydrogen-bond acceptors (Lipinski definition) is 7. The van der Waals surface area contributed by atoms with Crippen LogP contribution in [-0.2, 0) is 6.42 Å². The van der Waals surface area contributed by atoms with Gasteiger partial charge in [0.25, 0.3) is 0 Å². The number of rotatable bonds is 3. The molecule has 0 radical (unpaired) electrons. The third-order valence-corrected chi connectivity index (χ3v) is 5.37. The first-order chi connectivity index (χ1) is 12.7. The van der Waals surface area contributed by atoms with Crippen LogP contribution in [0.1, 0.15) is 19.4 Å². The molecule has 0 aliphatic carbocycles. The van der Waals surface area contributed by atoms with Crippen molar-refractivity contribution in [3.8, 4) is 17.2 Å². The van der Waals surface area contributed by atoms with E-state index >= 15 is 0 Å². The summed E-state index contributed by atoms with van der Waals surface area (Å²) in [6.45, 7) is 7.10. The van der Waals surface area contributed by atoms with Crippen LogP contribution in [0.2, 0.25) is 0 Å².